The van der Waals surface area contributed by atoms with E-state index in [0.717, 1.165) is 12.0 Å². The largest absolute Gasteiger partial charge is 0.476 e. The molecule has 0 fully saturated rings. The SMILES string of the molecule is O=C(O)c1c(NCCc2ccncc2)nc2ccccn12. The Balaban J connectivity index is 1.80. The molecule has 3 aromatic rings. The van der Waals surface area contributed by atoms with E-state index in [-0.39, 0.29) is 5.69 Å². The van der Waals surface area contributed by atoms with Crippen LogP contribution in [0.3, 0.4) is 0 Å². The first-order valence-electron chi connectivity index (χ1n) is 6.59. The van der Waals surface area contributed by atoms with E-state index >= 15 is 0 Å². The summed E-state index contributed by atoms with van der Waals surface area (Å²) >= 11 is 0. The van der Waals surface area contributed by atoms with Gasteiger partial charge in [0.2, 0.25) is 0 Å². The molecule has 0 radical (unpaired) electrons. The van der Waals surface area contributed by atoms with Crippen LogP contribution in [0.4, 0.5) is 5.82 Å². The average Bonchev–Trinajstić information content (AvgIpc) is 2.86. The predicted octanol–water partition coefficient (Wildman–Crippen LogP) is 2.08. The quantitative estimate of drug-likeness (QED) is 0.749. The van der Waals surface area contributed by atoms with Crippen LogP contribution in [0.1, 0.15) is 16.1 Å². The molecule has 0 unspecified atom stereocenters. The third kappa shape index (κ3) is 2.69. The van der Waals surface area contributed by atoms with Crippen LogP contribution in [-0.4, -0.2) is 32.0 Å². The first-order valence-corrected chi connectivity index (χ1v) is 6.59. The van der Waals surface area contributed by atoms with Crippen molar-refractivity contribution in [3.05, 3.63) is 60.2 Å². The molecule has 0 aliphatic carbocycles. The zero-order valence-electron chi connectivity index (χ0n) is 11.2. The second kappa shape index (κ2) is 5.62. The summed E-state index contributed by atoms with van der Waals surface area (Å²) in [4.78, 5) is 19.7. The number of anilines is 1. The molecule has 0 saturated heterocycles. The van der Waals surface area contributed by atoms with Crippen molar-refractivity contribution in [2.75, 3.05) is 11.9 Å². The van der Waals surface area contributed by atoms with Crippen LogP contribution in [0.25, 0.3) is 5.65 Å². The Labute approximate surface area is 121 Å². The molecule has 106 valence electrons. The molecular formula is C15H14N4O2. The number of imidazole rings is 1. The van der Waals surface area contributed by atoms with Gasteiger partial charge in [0.05, 0.1) is 0 Å². The number of nitrogens with zero attached hydrogens (tertiary/aromatic N) is 3. The van der Waals surface area contributed by atoms with Crippen LogP contribution in [0.15, 0.2) is 48.9 Å². The van der Waals surface area contributed by atoms with Gasteiger partial charge in [-0.25, -0.2) is 9.78 Å². The van der Waals surface area contributed by atoms with Crippen molar-refractivity contribution in [1.29, 1.82) is 0 Å². The van der Waals surface area contributed by atoms with Gasteiger partial charge in [0, 0.05) is 25.1 Å². The van der Waals surface area contributed by atoms with Gasteiger partial charge in [0.25, 0.3) is 0 Å². The molecule has 6 nitrogen and oxygen atoms in total. The number of rotatable bonds is 5. The Morgan fingerprint density at radius 1 is 1.24 bits per heavy atom. The van der Waals surface area contributed by atoms with E-state index in [1.54, 1.807) is 35.1 Å². The van der Waals surface area contributed by atoms with Gasteiger partial charge in [-0.1, -0.05) is 6.07 Å². The lowest BCUT2D eigenvalue weighted by molar-refractivity contribution is 0.0690. The number of carboxylic acids is 1. The molecule has 0 aromatic carbocycles. The molecule has 0 saturated carbocycles. The maximum absolute atomic E-state index is 11.4. The zero-order chi connectivity index (χ0) is 14.7. The monoisotopic (exact) mass is 282 g/mol. The standard InChI is InChI=1S/C15H14N4O2/c20-15(21)13-14(18-12-3-1-2-10-19(12)13)17-9-6-11-4-7-16-8-5-11/h1-5,7-8,10,17H,6,9H2,(H,20,21). The third-order valence-corrected chi connectivity index (χ3v) is 3.19. The topological polar surface area (TPSA) is 79.5 Å². The second-order valence-electron chi connectivity index (χ2n) is 4.58. The van der Waals surface area contributed by atoms with Gasteiger partial charge in [-0.3, -0.25) is 9.38 Å². The number of fused-ring (bicyclic) bond motifs is 1. The Hall–Kier alpha value is -2.89. The highest BCUT2D eigenvalue weighted by atomic mass is 16.4. The van der Waals surface area contributed by atoms with Crippen molar-refractivity contribution in [1.82, 2.24) is 14.4 Å². The number of nitrogens with one attached hydrogen (secondary N) is 1. The lowest BCUT2D eigenvalue weighted by Crippen LogP contribution is -2.10. The summed E-state index contributed by atoms with van der Waals surface area (Å²) in [7, 11) is 0. The van der Waals surface area contributed by atoms with E-state index in [1.165, 1.54) is 0 Å². The fraction of sp³-hybridized carbons (Fsp3) is 0.133. The van der Waals surface area contributed by atoms with Crippen molar-refractivity contribution in [2.45, 2.75) is 6.42 Å². The molecule has 3 heterocycles. The molecule has 0 atom stereocenters. The van der Waals surface area contributed by atoms with E-state index in [9.17, 15) is 9.90 Å². The highest BCUT2D eigenvalue weighted by molar-refractivity contribution is 5.92. The van der Waals surface area contributed by atoms with Crippen molar-refractivity contribution in [3.8, 4) is 0 Å². The van der Waals surface area contributed by atoms with Crippen LogP contribution in [0.5, 0.6) is 0 Å². The lowest BCUT2D eigenvalue weighted by atomic mass is 10.2. The molecule has 0 aliphatic heterocycles. The highest BCUT2D eigenvalue weighted by Crippen LogP contribution is 2.17. The number of pyridine rings is 2. The van der Waals surface area contributed by atoms with E-state index in [4.69, 9.17) is 0 Å². The van der Waals surface area contributed by atoms with Gasteiger partial charge < -0.3 is 10.4 Å². The first-order chi connectivity index (χ1) is 10.3. The minimum Gasteiger partial charge on any atom is -0.476 e. The molecule has 2 N–H and O–H groups in total. The first kappa shape index (κ1) is 13.1. The van der Waals surface area contributed by atoms with Gasteiger partial charge >= 0.3 is 5.97 Å². The number of carbonyl (C=O) groups is 1. The van der Waals surface area contributed by atoms with Crippen LogP contribution in [0, 0.1) is 0 Å². The minimum absolute atomic E-state index is 0.153. The van der Waals surface area contributed by atoms with Crippen LogP contribution in [-0.2, 0) is 6.42 Å². The Bertz CT molecular complexity index is 768. The van der Waals surface area contributed by atoms with Crippen molar-refractivity contribution >= 4 is 17.4 Å². The number of hydrogen-bond acceptors (Lipinski definition) is 4. The molecule has 0 aliphatic rings. The Morgan fingerprint density at radius 2 is 2.05 bits per heavy atom. The molecule has 0 bridgehead atoms. The van der Waals surface area contributed by atoms with Crippen molar-refractivity contribution in [3.63, 3.8) is 0 Å². The van der Waals surface area contributed by atoms with Gasteiger partial charge in [-0.2, -0.15) is 0 Å². The maximum atomic E-state index is 11.4. The normalized spacial score (nSPS) is 10.7. The summed E-state index contributed by atoms with van der Waals surface area (Å²) in [6.45, 7) is 0.605. The summed E-state index contributed by atoms with van der Waals surface area (Å²) in [6.07, 6.45) is 5.95. The molecule has 0 spiro atoms. The van der Waals surface area contributed by atoms with Crippen molar-refractivity contribution in [2.24, 2.45) is 0 Å². The smallest absolute Gasteiger partial charge is 0.356 e. The minimum atomic E-state index is -1.000. The average molecular weight is 282 g/mol. The van der Waals surface area contributed by atoms with Crippen molar-refractivity contribution < 1.29 is 9.90 Å². The summed E-state index contributed by atoms with van der Waals surface area (Å²) in [5.74, 6) is -0.608. The molecule has 21 heavy (non-hydrogen) atoms. The Morgan fingerprint density at radius 3 is 2.81 bits per heavy atom. The van der Waals surface area contributed by atoms with Gasteiger partial charge in [0.15, 0.2) is 11.5 Å². The van der Waals surface area contributed by atoms with E-state index in [0.29, 0.717) is 18.0 Å². The van der Waals surface area contributed by atoms with Gasteiger partial charge in [-0.05, 0) is 36.2 Å². The van der Waals surface area contributed by atoms with Crippen LogP contribution >= 0.6 is 0 Å². The number of aromatic carboxylic acids is 1. The van der Waals surface area contributed by atoms with Gasteiger partial charge in [-0.15, -0.1) is 0 Å². The summed E-state index contributed by atoms with van der Waals surface area (Å²) < 4.78 is 1.57. The van der Waals surface area contributed by atoms with E-state index < -0.39 is 5.97 Å². The fourth-order valence-electron chi connectivity index (χ4n) is 2.20. The number of carboxylic acid groups (broad SMARTS) is 1. The van der Waals surface area contributed by atoms with Crippen LogP contribution < -0.4 is 5.32 Å². The maximum Gasteiger partial charge on any atom is 0.356 e. The molecule has 0 amide bonds. The van der Waals surface area contributed by atoms with Gasteiger partial charge in [0.1, 0.15) is 5.65 Å². The summed E-state index contributed by atoms with van der Waals surface area (Å²) in [6, 6.07) is 9.25. The lowest BCUT2D eigenvalue weighted by Gasteiger charge is -2.04. The number of hydrogen-bond donors (Lipinski definition) is 2. The zero-order valence-corrected chi connectivity index (χ0v) is 11.2. The Kier molecular flexibility index (Phi) is 3.51. The van der Waals surface area contributed by atoms with Crippen LogP contribution in [0.2, 0.25) is 0 Å². The second-order valence-corrected chi connectivity index (χ2v) is 4.58. The number of aromatic nitrogens is 3. The van der Waals surface area contributed by atoms with E-state index in [2.05, 4.69) is 15.3 Å². The fourth-order valence-corrected chi connectivity index (χ4v) is 2.20. The molecule has 3 aromatic heterocycles. The summed E-state index contributed by atoms with van der Waals surface area (Å²) in [5, 5.41) is 12.5. The third-order valence-electron chi connectivity index (χ3n) is 3.19. The van der Waals surface area contributed by atoms with E-state index in [1.807, 2.05) is 18.2 Å². The summed E-state index contributed by atoms with van der Waals surface area (Å²) in [5.41, 5.74) is 1.90. The molecule has 6 heteroatoms. The predicted molar refractivity (Wildman–Crippen MR) is 78.6 cm³/mol. The highest BCUT2D eigenvalue weighted by Gasteiger charge is 2.17. The molecule has 3 rings (SSSR count). The molecular weight excluding hydrogens is 268 g/mol.